The summed E-state index contributed by atoms with van der Waals surface area (Å²) >= 11 is 0. The van der Waals surface area contributed by atoms with Crippen LogP contribution in [0.2, 0.25) is 0 Å². The molecule has 1 aliphatic carbocycles. The van der Waals surface area contributed by atoms with Gasteiger partial charge in [0.1, 0.15) is 18.1 Å². The number of nitrogens with one attached hydrogen (secondary N) is 1. The van der Waals surface area contributed by atoms with Crippen LogP contribution in [0.3, 0.4) is 0 Å². The summed E-state index contributed by atoms with van der Waals surface area (Å²) < 4.78 is 49.6. The number of carbonyl (C=O) groups is 1. The number of ether oxygens (including phenoxy) is 1. The minimum atomic E-state index is -4.45. The molecule has 1 saturated carbocycles. The molecule has 2 aromatic rings. The first-order valence-electron chi connectivity index (χ1n) is 10.4. The molecule has 168 valence electrons. The van der Waals surface area contributed by atoms with E-state index in [2.05, 4.69) is 15.3 Å². The number of hydrogen-bond acceptors (Lipinski definition) is 6. The Hall–Kier alpha value is -3.30. The first kappa shape index (κ1) is 20.6. The summed E-state index contributed by atoms with van der Waals surface area (Å²) in [6.07, 6.45) is 2.39. The molecule has 2 aromatic heterocycles. The second-order valence-corrected chi connectivity index (χ2v) is 8.37. The number of aromatic nitrogens is 2. The number of alkyl halides is 3. The highest BCUT2D eigenvalue weighted by atomic mass is 19.4. The minimum Gasteiger partial charge on any atom is -0.472 e. The molecule has 2 bridgehead atoms. The standard InChI is InChI=1S/C22H21F3N4O3/c1-12-6-15(20-26-4-5-31-20)19(28-9-12)21(30)29-11-13-7-16(29)17(8-13)32-18-3-2-14(10-27-18)22(23,24)25/h2-6,10,13,16-17,28H,7-9,11H2,1H3. The Bertz CT molecular complexity index is 1080. The van der Waals surface area contributed by atoms with Crippen molar-refractivity contribution >= 4 is 11.5 Å². The van der Waals surface area contributed by atoms with E-state index >= 15 is 0 Å². The number of carbonyl (C=O) groups excluding carboxylic acids is 1. The van der Waals surface area contributed by atoms with Crippen LogP contribution < -0.4 is 10.1 Å². The molecule has 4 heterocycles. The van der Waals surface area contributed by atoms with Crippen LogP contribution in [-0.4, -0.2) is 46.0 Å². The van der Waals surface area contributed by atoms with Gasteiger partial charge in [-0.05, 0) is 37.8 Å². The first-order valence-corrected chi connectivity index (χ1v) is 10.4. The third kappa shape index (κ3) is 3.74. The Balaban J connectivity index is 1.35. The van der Waals surface area contributed by atoms with E-state index in [4.69, 9.17) is 9.15 Å². The highest BCUT2D eigenvalue weighted by molar-refractivity contribution is 6.02. The molecule has 3 unspecified atom stereocenters. The molecule has 1 amide bonds. The maximum Gasteiger partial charge on any atom is 0.417 e. The zero-order valence-corrected chi connectivity index (χ0v) is 17.2. The smallest absolute Gasteiger partial charge is 0.417 e. The van der Waals surface area contributed by atoms with Gasteiger partial charge in [0.2, 0.25) is 11.8 Å². The number of allylic oxidation sites excluding steroid dienone is 2. The van der Waals surface area contributed by atoms with E-state index in [1.807, 2.05) is 13.0 Å². The van der Waals surface area contributed by atoms with Crippen molar-refractivity contribution < 1.29 is 27.1 Å². The monoisotopic (exact) mass is 446 g/mol. The first-order chi connectivity index (χ1) is 15.3. The van der Waals surface area contributed by atoms with E-state index in [0.29, 0.717) is 30.3 Å². The zero-order chi connectivity index (χ0) is 22.5. The molecule has 10 heteroatoms. The van der Waals surface area contributed by atoms with E-state index in [-0.39, 0.29) is 29.9 Å². The number of oxazole rings is 1. The van der Waals surface area contributed by atoms with Crippen LogP contribution in [0.15, 0.2) is 52.6 Å². The SMILES string of the molecule is CC1=CC(c2ncco2)=C(C(=O)N2CC3CC(Oc4ccc(C(F)(F)F)cn4)C2C3)NC1. The molecule has 3 aliphatic rings. The van der Waals surface area contributed by atoms with Gasteiger partial charge in [-0.3, -0.25) is 4.79 Å². The Labute approximate surface area is 182 Å². The molecule has 5 rings (SSSR count). The molecule has 0 aromatic carbocycles. The number of amides is 1. The molecule has 32 heavy (non-hydrogen) atoms. The molecule has 7 nitrogen and oxygen atoms in total. The van der Waals surface area contributed by atoms with Crippen molar-refractivity contribution in [1.82, 2.24) is 20.2 Å². The lowest BCUT2D eigenvalue weighted by atomic mass is 10.0. The number of nitrogens with zero attached hydrogens (tertiary/aromatic N) is 3. The summed E-state index contributed by atoms with van der Waals surface area (Å²) in [7, 11) is 0. The highest BCUT2D eigenvalue weighted by Gasteiger charge is 2.49. The fourth-order valence-electron chi connectivity index (χ4n) is 4.65. The molecular formula is C22H21F3N4O3. The number of dihydropyridines is 1. The summed E-state index contributed by atoms with van der Waals surface area (Å²) in [6.45, 7) is 3.11. The van der Waals surface area contributed by atoms with Crippen molar-refractivity contribution in [3.05, 3.63) is 59.6 Å². The number of likely N-dealkylation sites (tertiary alicyclic amines) is 1. The van der Waals surface area contributed by atoms with Crippen molar-refractivity contribution in [2.24, 2.45) is 5.92 Å². The van der Waals surface area contributed by atoms with Gasteiger partial charge in [0, 0.05) is 25.4 Å². The Morgan fingerprint density at radius 3 is 2.78 bits per heavy atom. The van der Waals surface area contributed by atoms with Gasteiger partial charge in [0.25, 0.3) is 5.91 Å². The average Bonchev–Trinajstić information content (AvgIpc) is 3.50. The fraction of sp³-hybridized carbons (Fsp3) is 0.409. The zero-order valence-electron chi connectivity index (χ0n) is 17.2. The Morgan fingerprint density at radius 1 is 1.28 bits per heavy atom. The molecule has 3 atom stereocenters. The molecular weight excluding hydrogens is 425 g/mol. The molecule has 1 N–H and O–H groups in total. The average molecular weight is 446 g/mol. The van der Waals surface area contributed by atoms with Crippen LogP contribution in [0.4, 0.5) is 13.2 Å². The van der Waals surface area contributed by atoms with Crippen LogP contribution in [0.25, 0.3) is 5.57 Å². The lowest BCUT2D eigenvalue weighted by Crippen LogP contribution is -2.49. The fourth-order valence-corrected chi connectivity index (χ4v) is 4.65. The number of rotatable bonds is 4. The highest BCUT2D eigenvalue weighted by Crippen LogP contribution is 2.41. The number of fused-ring (bicyclic) bond motifs is 2. The number of pyridine rings is 1. The molecule has 2 aliphatic heterocycles. The lowest BCUT2D eigenvalue weighted by molar-refractivity contribution is -0.138. The Kier molecular flexibility index (Phi) is 4.94. The van der Waals surface area contributed by atoms with Gasteiger partial charge in [0.05, 0.1) is 23.4 Å². The third-order valence-electron chi connectivity index (χ3n) is 6.10. The summed E-state index contributed by atoms with van der Waals surface area (Å²) in [5.74, 6) is 0.598. The second kappa shape index (κ2) is 7.68. The van der Waals surface area contributed by atoms with Gasteiger partial charge in [-0.2, -0.15) is 13.2 Å². The van der Waals surface area contributed by atoms with Gasteiger partial charge in [-0.15, -0.1) is 0 Å². The van der Waals surface area contributed by atoms with Crippen LogP contribution in [0, 0.1) is 5.92 Å². The number of piperidine rings is 1. The van der Waals surface area contributed by atoms with E-state index < -0.39 is 11.7 Å². The van der Waals surface area contributed by atoms with Crippen molar-refractivity contribution in [2.75, 3.05) is 13.1 Å². The number of hydrogen-bond donors (Lipinski definition) is 1. The van der Waals surface area contributed by atoms with Crippen molar-refractivity contribution in [1.29, 1.82) is 0 Å². The normalized spacial score (nSPS) is 25.1. The largest absolute Gasteiger partial charge is 0.472 e. The number of halogens is 3. The van der Waals surface area contributed by atoms with Gasteiger partial charge in [-0.1, -0.05) is 5.57 Å². The van der Waals surface area contributed by atoms with Crippen molar-refractivity contribution in [3.8, 4) is 5.88 Å². The topological polar surface area (TPSA) is 80.5 Å². The van der Waals surface area contributed by atoms with Crippen LogP contribution in [0.5, 0.6) is 5.88 Å². The maximum atomic E-state index is 13.5. The minimum absolute atomic E-state index is 0.122. The molecule has 2 fully saturated rings. The lowest BCUT2D eigenvalue weighted by Gasteiger charge is -2.34. The van der Waals surface area contributed by atoms with Crippen molar-refractivity contribution in [3.63, 3.8) is 0 Å². The van der Waals surface area contributed by atoms with Crippen LogP contribution in [-0.2, 0) is 11.0 Å². The van der Waals surface area contributed by atoms with E-state index in [0.717, 1.165) is 30.7 Å². The second-order valence-electron chi connectivity index (χ2n) is 8.37. The maximum absolute atomic E-state index is 13.5. The van der Waals surface area contributed by atoms with E-state index in [1.54, 1.807) is 4.90 Å². The predicted molar refractivity (Wildman–Crippen MR) is 107 cm³/mol. The summed E-state index contributed by atoms with van der Waals surface area (Å²) in [5.41, 5.74) is 1.25. The molecule has 0 radical (unpaired) electrons. The van der Waals surface area contributed by atoms with Gasteiger partial charge in [-0.25, -0.2) is 9.97 Å². The van der Waals surface area contributed by atoms with E-state index in [1.165, 1.54) is 18.5 Å². The van der Waals surface area contributed by atoms with Crippen molar-refractivity contribution in [2.45, 2.75) is 38.1 Å². The van der Waals surface area contributed by atoms with Gasteiger partial charge >= 0.3 is 6.18 Å². The third-order valence-corrected chi connectivity index (χ3v) is 6.10. The Morgan fingerprint density at radius 2 is 2.12 bits per heavy atom. The summed E-state index contributed by atoms with van der Waals surface area (Å²) in [6, 6.07) is 2.00. The van der Waals surface area contributed by atoms with E-state index in [9.17, 15) is 18.0 Å². The quantitative estimate of drug-likeness (QED) is 0.775. The van der Waals surface area contributed by atoms with Crippen LogP contribution in [0.1, 0.15) is 31.2 Å². The molecule has 1 saturated heterocycles. The van der Waals surface area contributed by atoms with Gasteiger partial charge in [0.15, 0.2) is 0 Å². The summed E-state index contributed by atoms with van der Waals surface area (Å²) in [5, 5.41) is 3.19. The predicted octanol–water partition coefficient (Wildman–Crippen LogP) is 3.42. The van der Waals surface area contributed by atoms with Crippen LogP contribution >= 0.6 is 0 Å². The molecule has 0 spiro atoms. The van der Waals surface area contributed by atoms with Gasteiger partial charge < -0.3 is 19.4 Å². The summed E-state index contributed by atoms with van der Waals surface area (Å²) in [4.78, 5) is 23.2.